The molecule has 0 aliphatic heterocycles. The van der Waals surface area contributed by atoms with Crippen LogP contribution in [0.4, 0.5) is 5.82 Å². The molecule has 5 nitrogen and oxygen atoms in total. The minimum absolute atomic E-state index is 0.130. The molecule has 3 N–H and O–H groups in total. The lowest BCUT2D eigenvalue weighted by molar-refractivity contribution is 0.473. The van der Waals surface area contributed by atoms with E-state index < -0.39 is 0 Å². The van der Waals surface area contributed by atoms with Gasteiger partial charge < -0.3 is 10.8 Å². The van der Waals surface area contributed by atoms with E-state index in [1.54, 1.807) is 12.3 Å². The zero-order valence-electron chi connectivity index (χ0n) is 12.8. The van der Waals surface area contributed by atoms with E-state index in [-0.39, 0.29) is 5.75 Å². The summed E-state index contributed by atoms with van der Waals surface area (Å²) < 4.78 is 0. The zero-order valence-corrected chi connectivity index (χ0v) is 12.8. The third kappa shape index (κ3) is 3.69. The van der Waals surface area contributed by atoms with E-state index in [1.807, 2.05) is 18.2 Å². The Morgan fingerprint density at radius 1 is 1.00 bits per heavy atom. The molecular weight excluding hydrogens is 276 g/mol. The summed E-state index contributed by atoms with van der Waals surface area (Å²) in [7, 11) is 0. The predicted octanol–water partition coefficient (Wildman–Crippen LogP) is 3.79. The molecule has 0 atom stereocenters. The fourth-order valence-electron chi connectivity index (χ4n) is 1.84. The first-order valence-electron chi connectivity index (χ1n) is 7.30. The summed E-state index contributed by atoms with van der Waals surface area (Å²) in [5, 5.41) is 10.2. The molecule has 0 unspecified atom stereocenters. The Hall–Kier alpha value is -2.69. The van der Waals surface area contributed by atoms with Crippen molar-refractivity contribution in [1.82, 2.24) is 15.0 Å². The highest BCUT2D eigenvalue weighted by Crippen LogP contribution is 2.26. The fraction of sp³-hybridized carbons (Fsp3) is 0.235. The molecule has 3 aromatic rings. The van der Waals surface area contributed by atoms with Crippen molar-refractivity contribution in [3.63, 3.8) is 0 Å². The normalized spacial score (nSPS) is 10.1. The first kappa shape index (κ1) is 15.7. The second-order valence-corrected chi connectivity index (χ2v) is 4.92. The number of hydrogen-bond donors (Lipinski definition) is 2. The van der Waals surface area contributed by atoms with Gasteiger partial charge in [-0.1, -0.05) is 32.8 Å². The van der Waals surface area contributed by atoms with Crippen LogP contribution in [0.15, 0.2) is 43.0 Å². The van der Waals surface area contributed by atoms with Gasteiger partial charge in [0.1, 0.15) is 17.9 Å². The Kier molecular flexibility index (Phi) is 5.25. The lowest BCUT2D eigenvalue weighted by Crippen LogP contribution is -1.93. The largest absolute Gasteiger partial charge is 0.506 e. The van der Waals surface area contributed by atoms with E-state index in [0.29, 0.717) is 5.82 Å². The van der Waals surface area contributed by atoms with Crippen molar-refractivity contribution in [3.05, 3.63) is 43.0 Å². The number of pyridine rings is 1. The van der Waals surface area contributed by atoms with Crippen LogP contribution in [0, 0.1) is 0 Å². The quantitative estimate of drug-likeness (QED) is 0.751. The Labute approximate surface area is 129 Å². The fourth-order valence-corrected chi connectivity index (χ4v) is 1.84. The second kappa shape index (κ2) is 7.36. The van der Waals surface area contributed by atoms with Crippen LogP contribution in [0.2, 0.25) is 0 Å². The lowest BCUT2D eigenvalue weighted by Gasteiger charge is -2.05. The van der Waals surface area contributed by atoms with Crippen LogP contribution in [0.1, 0.15) is 26.7 Å². The number of hydrogen-bond acceptors (Lipinski definition) is 5. The molecule has 0 fully saturated rings. The SMILES string of the molecule is CCCC.Nc1ncnc2ccc(-c3cncc(O)c3)cc12. The molecule has 0 spiro atoms. The van der Waals surface area contributed by atoms with E-state index in [4.69, 9.17) is 5.73 Å². The molecule has 5 heteroatoms. The summed E-state index contributed by atoms with van der Waals surface area (Å²) in [5.74, 6) is 0.569. The molecular formula is C17H20N4O. The molecule has 0 saturated heterocycles. The first-order chi connectivity index (χ1) is 10.7. The van der Waals surface area contributed by atoms with Gasteiger partial charge >= 0.3 is 0 Å². The summed E-state index contributed by atoms with van der Waals surface area (Å²) in [4.78, 5) is 12.1. The molecule has 3 rings (SSSR count). The number of aromatic hydroxyl groups is 1. The van der Waals surface area contributed by atoms with Gasteiger partial charge in [0.2, 0.25) is 0 Å². The maximum Gasteiger partial charge on any atom is 0.134 e. The molecule has 22 heavy (non-hydrogen) atoms. The standard InChI is InChI=1S/C13H10N4O.C4H10/c14-13-11-4-8(1-2-12(11)16-7-17-13)9-3-10(18)6-15-5-9;1-3-4-2/h1-7,18H,(H2,14,16,17);3-4H2,1-2H3. The van der Waals surface area contributed by atoms with E-state index in [1.165, 1.54) is 25.4 Å². The third-order valence-electron chi connectivity index (χ3n) is 3.22. The Balaban J connectivity index is 0.000000396. The summed E-state index contributed by atoms with van der Waals surface area (Å²) >= 11 is 0. The summed E-state index contributed by atoms with van der Waals surface area (Å²) in [5.41, 5.74) is 8.34. The maximum atomic E-state index is 9.43. The van der Waals surface area contributed by atoms with Gasteiger partial charge in [-0.05, 0) is 23.8 Å². The monoisotopic (exact) mass is 296 g/mol. The van der Waals surface area contributed by atoms with Crippen molar-refractivity contribution in [2.75, 3.05) is 5.73 Å². The minimum atomic E-state index is 0.130. The number of unbranched alkanes of at least 4 members (excludes halogenated alkanes) is 1. The van der Waals surface area contributed by atoms with E-state index in [0.717, 1.165) is 22.0 Å². The van der Waals surface area contributed by atoms with Crippen molar-refractivity contribution in [2.24, 2.45) is 0 Å². The summed E-state index contributed by atoms with van der Waals surface area (Å²) in [6.45, 7) is 4.36. The maximum absolute atomic E-state index is 9.43. The van der Waals surface area contributed by atoms with Crippen LogP contribution in [-0.4, -0.2) is 20.1 Å². The van der Waals surface area contributed by atoms with Gasteiger partial charge in [0, 0.05) is 17.1 Å². The number of benzene rings is 1. The molecule has 0 amide bonds. The van der Waals surface area contributed by atoms with Crippen molar-refractivity contribution < 1.29 is 5.11 Å². The van der Waals surface area contributed by atoms with Crippen LogP contribution in [-0.2, 0) is 0 Å². The number of nitrogen functional groups attached to an aromatic ring is 1. The number of aromatic nitrogens is 3. The highest BCUT2D eigenvalue weighted by molar-refractivity contribution is 5.91. The van der Waals surface area contributed by atoms with Crippen molar-refractivity contribution in [1.29, 1.82) is 0 Å². The zero-order chi connectivity index (χ0) is 15.9. The summed E-state index contributed by atoms with van der Waals surface area (Å²) in [6.07, 6.45) is 7.15. The smallest absolute Gasteiger partial charge is 0.134 e. The third-order valence-corrected chi connectivity index (χ3v) is 3.22. The second-order valence-electron chi connectivity index (χ2n) is 4.92. The molecule has 0 radical (unpaired) electrons. The number of rotatable bonds is 2. The topological polar surface area (TPSA) is 84.9 Å². The number of nitrogens with zero attached hydrogens (tertiary/aromatic N) is 3. The van der Waals surface area contributed by atoms with Crippen LogP contribution >= 0.6 is 0 Å². The van der Waals surface area contributed by atoms with E-state index in [9.17, 15) is 5.11 Å². The number of nitrogens with two attached hydrogens (primary N) is 1. The van der Waals surface area contributed by atoms with Crippen LogP contribution in [0.3, 0.4) is 0 Å². The molecule has 2 aromatic heterocycles. The Morgan fingerprint density at radius 3 is 2.45 bits per heavy atom. The van der Waals surface area contributed by atoms with Crippen molar-refractivity contribution in [3.8, 4) is 16.9 Å². The van der Waals surface area contributed by atoms with Crippen molar-refractivity contribution in [2.45, 2.75) is 26.7 Å². The van der Waals surface area contributed by atoms with Gasteiger partial charge in [0.05, 0.1) is 11.7 Å². The van der Waals surface area contributed by atoms with Crippen LogP contribution in [0.5, 0.6) is 5.75 Å². The lowest BCUT2D eigenvalue weighted by atomic mass is 10.1. The van der Waals surface area contributed by atoms with Gasteiger partial charge in [0.25, 0.3) is 0 Å². The molecule has 0 saturated carbocycles. The Bertz CT molecular complexity index is 756. The van der Waals surface area contributed by atoms with Gasteiger partial charge in [0.15, 0.2) is 0 Å². The number of fused-ring (bicyclic) bond motifs is 1. The van der Waals surface area contributed by atoms with Crippen molar-refractivity contribution >= 4 is 16.7 Å². The Morgan fingerprint density at radius 2 is 1.77 bits per heavy atom. The summed E-state index contributed by atoms with van der Waals surface area (Å²) in [6, 6.07) is 7.31. The minimum Gasteiger partial charge on any atom is -0.506 e. The molecule has 2 heterocycles. The molecule has 0 aliphatic carbocycles. The van der Waals surface area contributed by atoms with Crippen LogP contribution < -0.4 is 5.73 Å². The van der Waals surface area contributed by atoms with Gasteiger partial charge in [-0.2, -0.15) is 0 Å². The molecule has 0 bridgehead atoms. The first-order valence-corrected chi connectivity index (χ1v) is 7.30. The van der Waals surface area contributed by atoms with Gasteiger partial charge in [-0.15, -0.1) is 0 Å². The highest BCUT2D eigenvalue weighted by Gasteiger charge is 2.04. The predicted molar refractivity (Wildman–Crippen MR) is 89.4 cm³/mol. The molecule has 0 aliphatic rings. The number of anilines is 1. The van der Waals surface area contributed by atoms with E-state index >= 15 is 0 Å². The van der Waals surface area contributed by atoms with Gasteiger partial charge in [-0.3, -0.25) is 4.98 Å². The van der Waals surface area contributed by atoms with Crippen LogP contribution in [0.25, 0.3) is 22.0 Å². The van der Waals surface area contributed by atoms with E-state index in [2.05, 4.69) is 28.8 Å². The molecule has 1 aromatic carbocycles. The average Bonchev–Trinajstić information content (AvgIpc) is 2.55. The van der Waals surface area contributed by atoms with Gasteiger partial charge in [-0.25, -0.2) is 9.97 Å². The highest BCUT2D eigenvalue weighted by atomic mass is 16.3. The average molecular weight is 296 g/mol. The molecule has 114 valence electrons.